The summed E-state index contributed by atoms with van der Waals surface area (Å²) in [6.07, 6.45) is 24.5. The van der Waals surface area contributed by atoms with Crippen LogP contribution >= 0.6 is 0 Å². The fourth-order valence-electron chi connectivity index (χ4n) is 3.51. The van der Waals surface area contributed by atoms with Crippen LogP contribution in [0.1, 0.15) is 122 Å². The molecule has 0 saturated carbocycles. The number of carbonyl (C=O) groups excluding carboxylic acids is 1. The second-order valence-electron chi connectivity index (χ2n) is 8.04. The van der Waals surface area contributed by atoms with Crippen molar-refractivity contribution < 1.29 is 71.2 Å². The Balaban J connectivity index is 0. The van der Waals surface area contributed by atoms with Crippen molar-refractivity contribution in [2.45, 2.75) is 122 Å². The maximum Gasteiger partial charge on any atom is 1.00 e. The van der Waals surface area contributed by atoms with Gasteiger partial charge in [-0.25, -0.2) is 0 Å². The molecule has 0 spiro atoms. The fourth-order valence-corrected chi connectivity index (χ4v) is 3.51. The Morgan fingerprint density at radius 2 is 1.17 bits per heavy atom. The topological polar surface area (TPSA) is 77.4 Å². The third kappa shape index (κ3) is 24.5. The van der Waals surface area contributed by atoms with Crippen LogP contribution in [0.2, 0.25) is 0 Å². The quantitative estimate of drug-likeness (QED) is 0.171. The summed E-state index contributed by atoms with van der Waals surface area (Å²) in [6, 6.07) is 0. The first-order valence-corrected chi connectivity index (χ1v) is 11.7. The number of unbranched alkanes of at least 4 members (excludes halogenated alkanes) is 14. The number of aliphatic carboxylic acids is 2. The van der Waals surface area contributed by atoms with Crippen LogP contribution in [0.4, 0.5) is 0 Å². The number of hydrogen-bond acceptors (Lipinski definition) is 3. The van der Waals surface area contributed by atoms with Gasteiger partial charge in [-0.1, -0.05) is 96.1 Å². The van der Waals surface area contributed by atoms with Crippen molar-refractivity contribution in [2.24, 2.45) is 5.92 Å². The summed E-state index contributed by atoms with van der Waals surface area (Å²) in [6.45, 7) is 2.24. The van der Waals surface area contributed by atoms with Crippen LogP contribution in [-0.4, -0.2) is 17.0 Å². The molecule has 0 aliphatic rings. The average Bonchev–Trinajstić information content (AvgIpc) is 2.65. The summed E-state index contributed by atoms with van der Waals surface area (Å²) in [5.41, 5.74) is 0. The van der Waals surface area contributed by atoms with Gasteiger partial charge >= 0.3 is 57.4 Å². The van der Waals surface area contributed by atoms with E-state index in [0.717, 1.165) is 19.3 Å². The third-order valence-corrected chi connectivity index (χ3v) is 5.33. The molecule has 0 radical (unpaired) electrons. The fraction of sp³-hybridized carbons (Fsp3) is 0.833. The van der Waals surface area contributed by atoms with Gasteiger partial charge in [0, 0.05) is 12.4 Å². The van der Waals surface area contributed by atoms with Crippen LogP contribution in [0, 0.1) is 5.92 Å². The maximum absolute atomic E-state index is 11.0. The van der Waals surface area contributed by atoms with Crippen molar-refractivity contribution in [1.82, 2.24) is 0 Å². The Morgan fingerprint density at radius 1 is 0.759 bits per heavy atom. The van der Waals surface area contributed by atoms with E-state index in [1.54, 1.807) is 0 Å². The van der Waals surface area contributed by atoms with Crippen molar-refractivity contribution in [3.05, 3.63) is 12.2 Å². The number of carbonyl (C=O) groups is 2. The molecule has 1 N–H and O–H groups in total. The zero-order chi connectivity index (χ0) is 20.9. The zero-order valence-corrected chi connectivity index (χ0v) is 22.3. The Morgan fingerprint density at radius 3 is 1.59 bits per heavy atom. The van der Waals surface area contributed by atoms with Gasteiger partial charge in [-0.15, -0.1) is 0 Å². The van der Waals surface area contributed by atoms with Gasteiger partial charge < -0.3 is 15.0 Å². The molecule has 0 aliphatic carbocycles. The van der Waals surface area contributed by atoms with Gasteiger partial charge in [-0.05, 0) is 32.1 Å². The first-order valence-electron chi connectivity index (χ1n) is 11.7. The van der Waals surface area contributed by atoms with Crippen molar-refractivity contribution in [3.8, 4) is 0 Å². The molecule has 0 aromatic heterocycles. The molecule has 5 heteroatoms. The normalized spacial score (nSPS) is 12.0. The Hall–Kier alpha value is 0.316. The molecule has 4 nitrogen and oxygen atoms in total. The molecular weight excluding hydrogens is 391 g/mol. The van der Waals surface area contributed by atoms with Crippen LogP contribution in [0.5, 0.6) is 0 Å². The molecule has 0 heterocycles. The molecule has 1 unspecified atom stereocenters. The van der Waals surface area contributed by atoms with Gasteiger partial charge in [0.2, 0.25) is 0 Å². The minimum absolute atomic E-state index is 0. The second-order valence-corrected chi connectivity index (χ2v) is 8.04. The molecule has 0 aliphatic heterocycles. The van der Waals surface area contributed by atoms with E-state index in [0.29, 0.717) is 6.42 Å². The minimum atomic E-state index is -1.27. The van der Waals surface area contributed by atoms with Crippen LogP contribution in [0.3, 0.4) is 0 Å². The van der Waals surface area contributed by atoms with E-state index in [1.807, 2.05) is 0 Å². The molecular formula is C24H43KO4. The third-order valence-electron chi connectivity index (χ3n) is 5.33. The van der Waals surface area contributed by atoms with Crippen molar-refractivity contribution >= 4 is 11.9 Å². The molecule has 0 fully saturated rings. The van der Waals surface area contributed by atoms with Gasteiger partial charge in [-0.3, -0.25) is 4.79 Å². The molecule has 0 amide bonds. The Bertz CT molecular complexity index is 410. The minimum Gasteiger partial charge on any atom is -0.550 e. The predicted molar refractivity (Wildman–Crippen MR) is 114 cm³/mol. The van der Waals surface area contributed by atoms with Gasteiger partial charge in [-0.2, -0.15) is 0 Å². The number of hydrogen-bond donors (Lipinski definition) is 1. The van der Waals surface area contributed by atoms with Crippen LogP contribution in [0.25, 0.3) is 0 Å². The van der Waals surface area contributed by atoms with E-state index in [9.17, 15) is 14.7 Å². The van der Waals surface area contributed by atoms with Crippen molar-refractivity contribution in [1.29, 1.82) is 0 Å². The predicted octanol–water partition coefficient (Wildman–Crippen LogP) is 3.04. The second kappa shape index (κ2) is 24.6. The monoisotopic (exact) mass is 434 g/mol. The number of allylic oxidation sites excluding steroid dienone is 2. The number of rotatable bonds is 21. The van der Waals surface area contributed by atoms with Crippen LogP contribution in [-0.2, 0) is 9.59 Å². The largest absolute Gasteiger partial charge is 1.00 e. The Kier molecular flexibility index (Phi) is 26.7. The molecule has 1 atom stereocenters. The summed E-state index contributed by atoms with van der Waals surface area (Å²) < 4.78 is 0. The van der Waals surface area contributed by atoms with Gasteiger partial charge in [0.1, 0.15) is 0 Å². The molecule has 164 valence electrons. The van der Waals surface area contributed by atoms with Gasteiger partial charge in [0.15, 0.2) is 0 Å². The summed E-state index contributed by atoms with van der Waals surface area (Å²) >= 11 is 0. The van der Waals surface area contributed by atoms with E-state index in [4.69, 9.17) is 5.11 Å². The molecule has 0 saturated heterocycles. The Labute approximate surface area is 221 Å². The smallest absolute Gasteiger partial charge is 0.550 e. The molecule has 0 rings (SSSR count). The number of carboxylic acids is 2. The molecule has 29 heavy (non-hydrogen) atoms. The van der Waals surface area contributed by atoms with Gasteiger partial charge in [0.05, 0.1) is 5.92 Å². The molecule has 0 aromatic rings. The summed E-state index contributed by atoms with van der Waals surface area (Å²) in [7, 11) is 0. The number of carboxylic acid groups (broad SMARTS) is 2. The van der Waals surface area contributed by atoms with Crippen LogP contribution in [0.15, 0.2) is 12.2 Å². The first kappa shape index (κ1) is 31.5. The average molecular weight is 435 g/mol. The molecule has 0 aromatic carbocycles. The van der Waals surface area contributed by atoms with E-state index in [2.05, 4.69) is 19.1 Å². The SMILES string of the molecule is CCCCC/C=C/CCCCCCCCCCCCCC(CC(=O)[O-])C(=O)O.[K+]. The van der Waals surface area contributed by atoms with Crippen molar-refractivity contribution in [2.75, 3.05) is 0 Å². The summed E-state index contributed by atoms with van der Waals surface area (Å²) in [5, 5.41) is 19.5. The van der Waals surface area contributed by atoms with E-state index >= 15 is 0 Å². The van der Waals surface area contributed by atoms with E-state index < -0.39 is 17.9 Å². The molecule has 0 bridgehead atoms. The van der Waals surface area contributed by atoms with Crippen molar-refractivity contribution in [3.63, 3.8) is 0 Å². The standard InChI is InChI=1S/C24H44O4.K/c1-2-3-4-5-6-7-8-9-10-11-12-13-14-15-16-17-18-19-20-22(24(27)28)21-23(25)26;/h6-7,22H,2-5,8-21H2,1H3,(H,25,26)(H,27,28);/q;+1/p-1/b7-6+;. The maximum atomic E-state index is 11.0. The summed E-state index contributed by atoms with van der Waals surface area (Å²) in [4.78, 5) is 21.5. The van der Waals surface area contributed by atoms with E-state index in [-0.39, 0.29) is 57.8 Å². The van der Waals surface area contributed by atoms with Gasteiger partial charge in [0.25, 0.3) is 0 Å². The van der Waals surface area contributed by atoms with E-state index in [1.165, 1.54) is 83.5 Å². The zero-order valence-electron chi connectivity index (χ0n) is 19.1. The first-order chi connectivity index (χ1) is 13.6. The van der Waals surface area contributed by atoms with Crippen LogP contribution < -0.4 is 56.5 Å². The summed E-state index contributed by atoms with van der Waals surface area (Å²) in [5.74, 6) is -3.08.